The number of carbonyl (C=O) groups is 1. The van der Waals surface area contributed by atoms with Gasteiger partial charge >= 0.3 is 0 Å². The second-order valence-electron chi connectivity index (χ2n) is 8.25. The van der Waals surface area contributed by atoms with E-state index in [9.17, 15) is 4.79 Å². The number of amides is 1. The average Bonchev–Trinajstić information content (AvgIpc) is 3.18. The van der Waals surface area contributed by atoms with Gasteiger partial charge in [-0.2, -0.15) is 0 Å². The number of piperidine rings is 2. The first-order valence-corrected chi connectivity index (χ1v) is 11.7. The van der Waals surface area contributed by atoms with Crippen LogP contribution in [0, 0.1) is 0 Å². The van der Waals surface area contributed by atoms with E-state index in [2.05, 4.69) is 33.0 Å². The first-order chi connectivity index (χ1) is 14.7. The van der Waals surface area contributed by atoms with Crippen molar-refractivity contribution in [2.24, 2.45) is 0 Å². The number of hydrogen-bond acceptors (Lipinski definition) is 5. The fourth-order valence-corrected chi connectivity index (χ4v) is 5.35. The van der Waals surface area contributed by atoms with Crippen LogP contribution in [0.5, 0.6) is 10.9 Å². The van der Waals surface area contributed by atoms with Gasteiger partial charge in [0, 0.05) is 38.6 Å². The summed E-state index contributed by atoms with van der Waals surface area (Å²) in [5, 5.41) is 0.679. The Hall–Kier alpha value is -2.44. The molecule has 0 saturated carbocycles. The topological polar surface area (TPSA) is 45.7 Å². The van der Waals surface area contributed by atoms with Crippen molar-refractivity contribution in [2.45, 2.75) is 44.7 Å². The standard InChI is InChI=1S/C24H27N3O2S/c28-23-7-3-4-14-27(23)19-12-15-26(16-13-19)17-18-8-10-20(11-9-18)29-24-25-21-5-1-2-6-22(21)30-24/h1-2,5-6,8-11,19H,3-4,7,12-17H2. The van der Waals surface area contributed by atoms with Crippen molar-refractivity contribution in [2.75, 3.05) is 19.6 Å². The number of likely N-dealkylation sites (tertiary alicyclic amines) is 2. The maximum atomic E-state index is 12.2. The Labute approximate surface area is 181 Å². The Morgan fingerprint density at radius 1 is 1.00 bits per heavy atom. The molecular formula is C24H27N3O2S. The van der Waals surface area contributed by atoms with E-state index in [1.807, 2.05) is 30.3 Å². The molecule has 1 aromatic heterocycles. The highest BCUT2D eigenvalue weighted by molar-refractivity contribution is 7.20. The maximum absolute atomic E-state index is 12.2. The van der Waals surface area contributed by atoms with Gasteiger partial charge in [0.2, 0.25) is 5.91 Å². The third-order valence-corrected chi connectivity index (χ3v) is 7.08. The SMILES string of the molecule is O=C1CCCCN1C1CCN(Cc2ccc(Oc3nc4ccccc4s3)cc2)CC1. The Morgan fingerprint density at radius 3 is 2.57 bits per heavy atom. The van der Waals surface area contributed by atoms with E-state index in [0.717, 1.165) is 74.2 Å². The van der Waals surface area contributed by atoms with Gasteiger partial charge in [-0.3, -0.25) is 9.69 Å². The third kappa shape index (κ3) is 4.35. The lowest BCUT2D eigenvalue weighted by atomic mass is 9.99. The number of thiazole rings is 1. The number of ether oxygens (including phenoxy) is 1. The number of hydrogen-bond donors (Lipinski definition) is 0. The molecule has 30 heavy (non-hydrogen) atoms. The van der Waals surface area contributed by atoms with Crippen LogP contribution in [-0.4, -0.2) is 46.4 Å². The summed E-state index contributed by atoms with van der Waals surface area (Å²) in [7, 11) is 0. The zero-order valence-corrected chi connectivity index (χ0v) is 17.9. The molecule has 1 amide bonds. The number of benzene rings is 2. The molecule has 0 unspecified atom stereocenters. The highest BCUT2D eigenvalue weighted by atomic mass is 32.1. The molecular weight excluding hydrogens is 394 g/mol. The molecule has 2 aromatic carbocycles. The van der Waals surface area contributed by atoms with Crippen LogP contribution in [-0.2, 0) is 11.3 Å². The molecule has 2 fully saturated rings. The highest BCUT2D eigenvalue weighted by Crippen LogP contribution is 2.31. The summed E-state index contributed by atoms with van der Waals surface area (Å²) in [5.41, 5.74) is 2.27. The zero-order chi connectivity index (χ0) is 20.3. The number of aromatic nitrogens is 1. The van der Waals surface area contributed by atoms with E-state index in [1.165, 1.54) is 5.56 Å². The van der Waals surface area contributed by atoms with E-state index in [1.54, 1.807) is 11.3 Å². The van der Waals surface area contributed by atoms with Crippen LogP contribution in [0.3, 0.4) is 0 Å². The minimum atomic E-state index is 0.364. The fourth-order valence-electron chi connectivity index (χ4n) is 4.52. The smallest absolute Gasteiger partial charge is 0.279 e. The molecule has 156 valence electrons. The molecule has 2 aliphatic rings. The number of carbonyl (C=O) groups excluding carboxylic acids is 1. The van der Waals surface area contributed by atoms with Crippen molar-refractivity contribution in [3.63, 3.8) is 0 Å². The first kappa shape index (κ1) is 19.5. The zero-order valence-electron chi connectivity index (χ0n) is 17.1. The Balaban J connectivity index is 1.14. The monoisotopic (exact) mass is 421 g/mol. The van der Waals surface area contributed by atoms with E-state index < -0.39 is 0 Å². The molecule has 3 heterocycles. The van der Waals surface area contributed by atoms with E-state index >= 15 is 0 Å². The van der Waals surface area contributed by atoms with Gasteiger partial charge < -0.3 is 9.64 Å². The van der Waals surface area contributed by atoms with Crippen molar-refractivity contribution in [3.8, 4) is 10.9 Å². The minimum absolute atomic E-state index is 0.364. The van der Waals surface area contributed by atoms with Crippen molar-refractivity contribution in [1.29, 1.82) is 0 Å². The van der Waals surface area contributed by atoms with Gasteiger partial charge in [0.15, 0.2) is 0 Å². The quantitative estimate of drug-likeness (QED) is 0.577. The molecule has 6 heteroatoms. The van der Waals surface area contributed by atoms with Crippen LogP contribution in [0.15, 0.2) is 48.5 Å². The molecule has 0 bridgehead atoms. The summed E-state index contributed by atoms with van der Waals surface area (Å²) in [5.74, 6) is 1.18. The Bertz CT molecular complexity index is 976. The molecule has 3 aromatic rings. The number of nitrogens with zero attached hydrogens (tertiary/aromatic N) is 3. The molecule has 0 aliphatic carbocycles. The summed E-state index contributed by atoms with van der Waals surface area (Å²) in [6.07, 6.45) is 5.14. The second-order valence-corrected chi connectivity index (χ2v) is 9.24. The van der Waals surface area contributed by atoms with Crippen LogP contribution in [0.2, 0.25) is 0 Å². The van der Waals surface area contributed by atoms with E-state index in [4.69, 9.17) is 4.74 Å². The number of para-hydroxylation sites is 1. The summed E-state index contributed by atoms with van der Waals surface area (Å²) in [6.45, 7) is 4.01. The van der Waals surface area contributed by atoms with Crippen LogP contribution in [0.4, 0.5) is 0 Å². The van der Waals surface area contributed by atoms with E-state index in [0.29, 0.717) is 17.1 Å². The summed E-state index contributed by atoms with van der Waals surface area (Å²) in [6, 6.07) is 16.9. The van der Waals surface area contributed by atoms with Crippen LogP contribution in [0.25, 0.3) is 10.2 Å². The fraction of sp³-hybridized carbons (Fsp3) is 0.417. The van der Waals surface area contributed by atoms with Gasteiger partial charge in [0.05, 0.1) is 10.2 Å². The largest absolute Gasteiger partial charge is 0.431 e. The lowest BCUT2D eigenvalue weighted by Crippen LogP contribution is -2.48. The molecule has 2 saturated heterocycles. The Kier molecular flexibility index (Phi) is 5.69. The van der Waals surface area contributed by atoms with Gasteiger partial charge in [0.25, 0.3) is 5.19 Å². The molecule has 0 atom stereocenters. The molecule has 0 spiro atoms. The molecule has 0 N–H and O–H groups in total. The number of fused-ring (bicyclic) bond motifs is 1. The molecule has 2 aliphatic heterocycles. The predicted molar refractivity (Wildman–Crippen MR) is 120 cm³/mol. The maximum Gasteiger partial charge on any atom is 0.279 e. The van der Waals surface area contributed by atoms with Crippen molar-refractivity contribution in [1.82, 2.24) is 14.8 Å². The second kappa shape index (κ2) is 8.74. The Morgan fingerprint density at radius 2 is 1.80 bits per heavy atom. The molecule has 5 rings (SSSR count). The summed E-state index contributed by atoms with van der Waals surface area (Å²) in [4.78, 5) is 21.4. The summed E-state index contributed by atoms with van der Waals surface area (Å²) < 4.78 is 7.09. The van der Waals surface area contributed by atoms with Gasteiger partial charge in [-0.1, -0.05) is 35.6 Å². The van der Waals surface area contributed by atoms with E-state index in [-0.39, 0.29) is 0 Å². The molecule has 5 nitrogen and oxygen atoms in total. The van der Waals surface area contributed by atoms with Gasteiger partial charge in [-0.25, -0.2) is 4.98 Å². The predicted octanol–water partition coefficient (Wildman–Crippen LogP) is 5.07. The van der Waals surface area contributed by atoms with Gasteiger partial charge in [-0.05, 0) is 55.5 Å². The van der Waals surface area contributed by atoms with Crippen LogP contribution in [0.1, 0.15) is 37.7 Å². The van der Waals surface area contributed by atoms with Crippen LogP contribution < -0.4 is 4.74 Å². The molecule has 0 radical (unpaired) electrons. The lowest BCUT2D eigenvalue weighted by Gasteiger charge is -2.40. The normalized spacial score (nSPS) is 18.8. The van der Waals surface area contributed by atoms with Gasteiger partial charge in [0.1, 0.15) is 5.75 Å². The summed E-state index contributed by atoms with van der Waals surface area (Å²) >= 11 is 1.57. The van der Waals surface area contributed by atoms with Crippen molar-refractivity contribution < 1.29 is 9.53 Å². The van der Waals surface area contributed by atoms with Gasteiger partial charge in [-0.15, -0.1) is 0 Å². The van der Waals surface area contributed by atoms with Crippen molar-refractivity contribution >= 4 is 27.5 Å². The average molecular weight is 422 g/mol. The first-order valence-electron chi connectivity index (χ1n) is 10.9. The number of rotatable bonds is 5. The van der Waals surface area contributed by atoms with Crippen LogP contribution >= 0.6 is 11.3 Å². The third-order valence-electron chi connectivity index (χ3n) is 6.17. The minimum Gasteiger partial charge on any atom is -0.431 e. The highest BCUT2D eigenvalue weighted by Gasteiger charge is 2.29. The van der Waals surface area contributed by atoms with Crippen molar-refractivity contribution in [3.05, 3.63) is 54.1 Å². The lowest BCUT2D eigenvalue weighted by molar-refractivity contribution is -0.136.